The maximum absolute atomic E-state index is 14.7. The van der Waals surface area contributed by atoms with Crippen molar-refractivity contribution >= 4 is 17.6 Å². The number of fused-ring (bicyclic) bond motifs is 1. The lowest BCUT2D eigenvalue weighted by atomic mass is 10.1. The molecule has 0 unspecified atom stereocenters. The average Bonchev–Trinajstić information content (AvgIpc) is 3.45. The van der Waals surface area contributed by atoms with Crippen LogP contribution in [-0.2, 0) is 17.9 Å². The van der Waals surface area contributed by atoms with Crippen molar-refractivity contribution in [3.8, 4) is 11.5 Å². The first-order chi connectivity index (χ1) is 15.9. The maximum atomic E-state index is 14.7. The van der Waals surface area contributed by atoms with Gasteiger partial charge in [0.25, 0.3) is 5.91 Å². The number of benzene rings is 1. The molecule has 0 bridgehead atoms. The molecular weight excluding hydrogens is 427 g/mol. The molecule has 0 fully saturated rings. The third kappa shape index (κ3) is 4.61. The lowest BCUT2D eigenvalue weighted by molar-refractivity contribution is -0.131. The number of amides is 2. The summed E-state index contributed by atoms with van der Waals surface area (Å²) in [7, 11) is 0. The van der Waals surface area contributed by atoms with Gasteiger partial charge in [0.1, 0.15) is 23.7 Å². The highest BCUT2D eigenvalue weighted by Crippen LogP contribution is 2.27. The molecule has 2 N–H and O–H groups in total. The van der Waals surface area contributed by atoms with E-state index in [1.54, 1.807) is 27.7 Å². The molecule has 2 amide bonds. The van der Waals surface area contributed by atoms with E-state index in [-0.39, 0.29) is 29.9 Å². The third-order valence-electron chi connectivity index (χ3n) is 5.60. The van der Waals surface area contributed by atoms with Crippen LogP contribution in [0.4, 0.5) is 10.2 Å². The second-order valence-electron chi connectivity index (χ2n) is 8.06. The molecule has 9 nitrogen and oxygen atoms in total. The summed E-state index contributed by atoms with van der Waals surface area (Å²) in [4.78, 5) is 31.1. The largest absolute Gasteiger partial charge is 0.394 e. The van der Waals surface area contributed by atoms with E-state index in [2.05, 4.69) is 20.5 Å². The van der Waals surface area contributed by atoms with Crippen LogP contribution in [-0.4, -0.2) is 48.2 Å². The number of anilines is 1. The molecule has 1 aliphatic heterocycles. The summed E-state index contributed by atoms with van der Waals surface area (Å²) in [6, 6.07) is 7.57. The van der Waals surface area contributed by atoms with Gasteiger partial charge in [-0.05, 0) is 48.7 Å². The van der Waals surface area contributed by atoms with Gasteiger partial charge in [-0.2, -0.15) is 0 Å². The SMILES string of the molecule is CCCC(=O)N1Cc2cc(F)c(C(=O)Nc3cccc(-c4nncn4[C@H](C)CO)n3)cc2C1. The molecule has 1 aromatic carbocycles. The highest BCUT2D eigenvalue weighted by atomic mass is 19.1. The van der Waals surface area contributed by atoms with Crippen LogP contribution in [0.5, 0.6) is 0 Å². The highest BCUT2D eigenvalue weighted by Gasteiger charge is 2.26. The number of carbonyl (C=O) groups is 2. The zero-order valence-electron chi connectivity index (χ0n) is 18.5. The summed E-state index contributed by atoms with van der Waals surface area (Å²) < 4.78 is 16.4. The molecule has 0 saturated carbocycles. The van der Waals surface area contributed by atoms with Gasteiger partial charge in [0.2, 0.25) is 5.91 Å². The summed E-state index contributed by atoms with van der Waals surface area (Å²) >= 11 is 0. The van der Waals surface area contributed by atoms with Gasteiger partial charge in [-0.15, -0.1) is 10.2 Å². The summed E-state index contributed by atoms with van der Waals surface area (Å²) in [5, 5.41) is 20.0. The fourth-order valence-electron chi connectivity index (χ4n) is 3.79. The van der Waals surface area contributed by atoms with Crippen molar-refractivity contribution in [2.24, 2.45) is 0 Å². The minimum absolute atomic E-state index is 0.0180. The Balaban J connectivity index is 1.54. The quantitative estimate of drug-likeness (QED) is 0.570. The van der Waals surface area contributed by atoms with Gasteiger partial charge in [0, 0.05) is 19.5 Å². The van der Waals surface area contributed by atoms with E-state index >= 15 is 0 Å². The van der Waals surface area contributed by atoms with Crippen LogP contribution in [0.1, 0.15) is 54.2 Å². The molecule has 4 rings (SSSR count). The Bertz CT molecular complexity index is 1190. The second-order valence-corrected chi connectivity index (χ2v) is 8.06. The second kappa shape index (κ2) is 9.45. The average molecular weight is 452 g/mol. The number of hydrogen-bond acceptors (Lipinski definition) is 6. The molecule has 2 aromatic heterocycles. The number of aliphatic hydroxyl groups is 1. The smallest absolute Gasteiger partial charge is 0.259 e. The Morgan fingerprint density at radius 1 is 1.24 bits per heavy atom. The monoisotopic (exact) mass is 452 g/mol. The number of aliphatic hydroxyl groups excluding tert-OH is 1. The third-order valence-corrected chi connectivity index (χ3v) is 5.60. The first kappa shape index (κ1) is 22.5. The van der Waals surface area contributed by atoms with Crippen molar-refractivity contribution in [2.75, 3.05) is 11.9 Å². The van der Waals surface area contributed by atoms with Crippen LogP contribution < -0.4 is 5.32 Å². The van der Waals surface area contributed by atoms with Gasteiger partial charge in [0.15, 0.2) is 5.82 Å². The van der Waals surface area contributed by atoms with Crippen LogP contribution in [0.25, 0.3) is 11.5 Å². The zero-order valence-corrected chi connectivity index (χ0v) is 18.5. The maximum Gasteiger partial charge on any atom is 0.259 e. The van der Waals surface area contributed by atoms with Crippen molar-refractivity contribution < 1.29 is 19.1 Å². The van der Waals surface area contributed by atoms with Crippen LogP contribution in [0, 0.1) is 5.82 Å². The number of rotatable bonds is 7. The van der Waals surface area contributed by atoms with E-state index in [4.69, 9.17) is 0 Å². The molecule has 0 spiro atoms. The molecule has 1 aliphatic rings. The van der Waals surface area contributed by atoms with Gasteiger partial charge in [-0.3, -0.25) is 9.59 Å². The fourth-order valence-corrected chi connectivity index (χ4v) is 3.79. The lowest BCUT2D eigenvalue weighted by Crippen LogP contribution is -2.24. The van der Waals surface area contributed by atoms with Crippen LogP contribution in [0.15, 0.2) is 36.7 Å². The van der Waals surface area contributed by atoms with Gasteiger partial charge in [-0.25, -0.2) is 9.37 Å². The molecule has 10 heteroatoms. The summed E-state index contributed by atoms with van der Waals surface area (Å²) in [5.74, 6) is -0.603. The molecule has 3 aromatic rings. The van der Waals surface area contributed by atoms with Crippen molar-refractivity contribution in [3.05, 3.63) is 59.2 Å². The van der Waals surface area contributed by atoms with E-state index in [9.17, 15) is 19.1 Å². The number of pyridine rings is 1. The first-order valence-corrected chi connectivity index (χ1v) is 10.8. The zero-order chi connectivity index (χ0) is 23.5. The molecule has 33 heavy (non-hydrogen) atoms. The van der Waals surface area contributed by atoms with E-state index in [0.29, 0.717) is 36.6 Å². The minimum atomic E-state index is -0.649. The predicted octanol–water partition coefficient (Wildman–Crippen LogP) is 2.93. The van der Waals surface area contributed by atoms with E-state index in [1.807, 2.05) is 13.8 Å². The summed E-state index contributed by atoms with van der Waals surface area (Å²) in [6.07, 6.45) is 2.68. The van der Waals surface area contributed by atoms with Gasteiger partial charge in [0.05, 0.1) is 18.2 Å². The first-order valence-electron chi connectivity index (χ1n) is 10.8. The number of nitrogens with one attached hydrogen (secondary N) is 1. The van der Waals surface area contributed by atoms with Crippen molar-refractivity contribution in [3.63, 3.8) is 0 Å². The molecule has 3 heterocycles. The molecule has 172 valence electrons. The number of aromatic nitrogens is 4. The van der Waals surface area contributed by atoms with Crippen molar-refractivity contribution in [1.29, 1.82) is 0 Å². The Morgan fingerprint density at radius 3 is 2.73 bits per heavy atom. The van der Waals surface area contributed by atoms with E-state index in [0.717, 1.165) is 12.0 Å². The van der Waals surface area contributed by atoms with Crippen molar-refractivity contribution in [1.82, 2.24) is 24.6 Å². The topological polar surface area (TPSA) is 113 Å². The number of halogens is 1. The minimum Gasteiger partial charge on any atom is -0.394 e. The normalized spacial score (nSPS) is 13.6. The predicted molar refractivity (Wildman–Crippen MR) is 119 cm³/mol. The number of carbonyl (C=O) groups excluding carboxylic acids is 2. The number of nitrogens with zero attached hydrogens (tertiary/aromatic N) is 5. The van der Waals surface area contributed by atoms with Gasteiger partial charge in [-0.1, -0.05) is 13.0 Å². The molecule has 0 aliphatic carbocycles. The molecule has 1 atom stereocenters. The fraction of sp³-hybridized carbons (Fsp3) is 0.348. The Hall–Kier alpha value is -3.66. The number of hydrogen-bond donors (Lipinski definition) is 2. The van der Waals surface area contributed by atoms with Gasteiger partial charge < -0.3 is 19.9 Å². The molecule has 0 radical (unpaired) electrons. The highest BCUT2D eigenvalue weighted by molar-refractivity contribution is 6.04. The van der Waals surface area contributed by atoms with Crippen LogP contribution >= 0.6 is 0 Å². The summed E-state index contributed by atoms with van der Waals surface area (Å²) in [6.45, 7) is 4.36. The van der Waals surface area contributed by atoms with Gasteiger partial charge >= 0.3 is 0 Å². The lowest BCUT2D eigenvalue weighted by Gasteiger charge is -2.14. The van der Waals surface area contributed by atoms with Crippen LogP contribution in [0.3, 0.4) is 0 Å². The van der Waals surface area contributed by atoms with E-state index < -0.39 is 11.7 Å². The standard InChI is InChI=1S/C23H25FN6O3/c1-3-5-21(32)29-10-15-8-17(18(24)9-16(15)11-29)23(33)27-20-7-4-6-19(26-20)22-28-25-13-30(22)14(2)12-31/h4,6-9,13-14,31H,3,5,10-12H2,1-2H3,(H,26,27,33)/t14-/m1/s1. The van der Waals surface area contributed by atoms with E-state index in [1.165, 1.54) is 18.5 Å². The Labute approximate surface area is 190 Å². The van der Waals surface area contributed by atoms with Crippen LogP contribution in [0.2, 0.25) is 0 Å². The Morgan fingerprint density at radius 2 is 2.00 bits per heavy atom. The van der Waals surface area contributed by atoms with Crippen molar-refractivity contribution in [2.45, 2.75) is 45.8 Å². The Kier molecular flexibility index (Phi) is 6.45. The molecule has 0 saturated heterocycles. The summed E-state index contributed by atoms with van der Waals surface area (Å²) in [5.41, 5.74) is 1.82. The molecular formula is C23H25FN6O3.